The molecule has 0 saturated carbocycles. The van der Waals surface area contributed by atoms with Crippen molar-refractivity contribution >= 4 is 28.3 Å². The van der Waals surface area contributed by atoms with Crippen molar-refractivity contribution in [2.75, 3.05) is 0 Å². The van der Waals surface area contributed by atoms with Gasteiger partial charge in [0.05, 0.1) is 5.52 Å². The highest BCUT2D eigenvalue weighted by atomic mass is 27.0. The Hall–Kier alpha value is -1.04. The van der Waals surface area contributed by atoms with E-state index in [2.05, 4.69) is 4.98 Å². The van der Waals surface area contributed by atoms with Crippen LogP contribution in [0.15, 0.2) is 36.4 Å². The monoisotopic (exact) mass is 175 g/mol. The second kappa shape index (κ2) is 3.57. The average molecular weight is 175 g/mol. The number of fused-ring (bicyclic) bond motifs is 1. The van der Waals surface area contributed by atoms with Crippen LogP contribution in [0.4, 0.5) is 0 Å². The van der Waals surface area contributed by atoms with Gasteiger partial charge in [0.1, 0.15) is 0 Å². The fourth-order valence-corrected chi connectivity index (χ4v) is 1.06. The second-order valence-corrected chi connectivity index (χ2v) is 2.36. The van der Waals surface area contributed by atoms with Crippen LogP contribution < -0.4 is 0 Å². The number of hydrogen-bond acceptors (Lipinski definition) is 2. The molecular weight excluding hydrogens is 165 g/mol. The van der Waals surface area contributed by atoms with Crippen LogP contribution in [0.2, 0.25) is 0 Å². The van der Waals surface area contributed by atoms with Crippen LogP contribution in [0.5, 0.6) is 5.88 Å². The SMILES string of the molecule is Oc1ccc2ccccc2n1.[AlH3]. The molecule has 1 N–H and O–H groups in total. The van der Waals surface area contributed by atoms with E-state index >= 15 is 0 Å². The number of pyridine rings is 1. The molecule has 12 heavy (non-hydrogen) atoms. The molecule has 2 rings (SSSR count). The molecule has 0 unspecified atom stereocenters. The Labute approximate surface area is 81.0 Å². The fourth-order valence-electron chi connectivity index (χ4n) is 1.06. The van der Waals surface area contributed by atoms with Crippen LogP contribution >= 0.6 is 0 Å². The third-order valence-corrected chi connectivity index (χ3v) is 1.58. The molecule has 1 aromatic carbocycles. The van der Waals surface area contributed by atoms with E-state index in [4.69, 9.17) is 5.11 Å². The summed E-state index contributed by atoms with van der Waals surface area (Å²) in [5.74, 6) is 0.0729. The molecule has 0 amide bonds. The first kappa shape index (κ1) is 9.05. The van der Waals surface area contributed by atoms with Gasteiger partial charge in [-0.1, -0.05) is 18.2 Å². The Morgan fingerprint density at radius 1 is 1.00 bits per heavy atom. The molecule has 0 spiro atoms. The lowest BCUT2D eigenvalue weighted by Gasteiger charge is -1.95. The maximum Gasteiger partial charge on any atom is 0.211 e. The number of hydrogen-bond donors (Lipinski definition) is 1. The Balaban J connectivity index is 0.000000720. The maximum absolute atomic E-state index is 9.02. The molecule has 0 aliphatic rings. The van der Waals surface area contributed by atoms with Crippen molar-refractivity contribution in [2.24, 2.45) is 0 Å². The zero-order chi connectivity index (χ0) is 7.68. The molecule has 1 aromatic heterocycles. The van der Waals surface area contributed by atoms with Gasteiger partial charge in [0.15, 0.2) is 17.4 Å². The molecule has 0 atom stereocenters. The number of aromatic nitrogens is 1. The molecule has 3 heteroatoms. The van der Waals surface area contributed by atoms with E-state index in [1.807, 2.05) is 30.3 Å². The summed E-state index contributed by atoms with van der Waals surface area (Å²) in [6, 6.07) is 11.1. The highest BCUT2D eigenvalue weighted by Gasteiger charge is 1.92. The molecule has 0 saturated heterocycles. The minimum absolute atomic E-state index is 0. The smallest absolute Gasteiger partial charge is 0.211 e. The van der Waals surface area contributed by atoms with Crippen molar-refractivity contribution in [2.45, 2.75) is 0 Å². The molecule has 0 radical (unpaired) electrons. The van der Waals surface area contributed by atoms with Gasteiger partial charge >= 0.3 is 0 Å². The molecule has 2 nitrogen and oxygen atoms in total. The van der Waals surface area contributed by atoms with Gasteiger partial charge < -0.3 is 5.11 Å². The van der Waals surface area contributed by atoms with Crippen LogP contribution in [0, 0.1) is 0 Å². The normalized spacial score (nSPS) is 9.33. The predicted molar refractivity (Wildman–Crippen MR) is 53.3 cm³/mol. The van der Waals surface area contributed by atoms with Crippen molar-refractivity contribution in [1.82, 2.24) is 4.98 Å². The summed E-state index contributed by atoms with van der Waals surface area (Å²) in [6.45, 7) is 0. The van der Waals surface area contributed by atoms with E-state index in [9.17, 15) is 0 Å². The number of para-hydroxylation sites is 1. The van der Waals surface area contributed by atoms with Gasteiger partial charge in [-0.2, -0.15) is 0 Å². The Bertz CT molecular complexity index is 389. The van der Waals surface area contributed by atoms with Gasteiger partial charge in [0.25, 0.3) is 0 Å². The van der Waals surface area contributed by atoms with E-state index < -0.39 is 0 Å². The van der Waals surface area contributed by atoms with E-state index in [-0.39, 0.29) is 23.2 Å². The van der Waals surface area contributed by atoms with Crippen molar-refractivity contribution in [3.05, 3.63) is 36.4 Å². The van der Waals surface area contributed by atoms with Crippen LogP contribution in [0.1, 0.15) is 0 Å². The fraction of sp³-hybridized carbons (Fsp3) is 0. The van der Waals surface area contributed by atoms with E-state index in [1.54, 1.807) is 6.07 Å². The molecule has 0 bridgehead atoms. The Kier molecular flexibility index (Phi) is 2.70. The number of benzene rings is 1. The summed E-state index contributed by atoms with van der Waals surface area (Å²) in [7, 11) is 0. The van der Waals surface area contributed by atoms with Gasteiger partial charge in [0, 0.05) is 11.5 Å². The van der Waals surface area contributed by atoms with Gasteiger partial charge in [-0.3, -0.25) is 0 Å². The molecule has 0 fully saturated rings. The highest BCUT2D eigenvalue weighted by Crippen LogP contribution is 2.14. The summed E-state index contributed by atoms with van der Waals surface area (Å²) in [5, 5.41) is 10.1. The lowest BCUT2D eigenvalue weighted by molar-refractivity contribution is 0.456. The van der Waals surface area contributed by atoms with Gasteiger partial charge in [-0.05, 0) is 12.1 Å². The topological polar surface area (TPSA) is 33.1 Å². The summed E-state index contributed by atoms with van der Waals surface area (Å²) < 4.78 is 0. The summed E-state index contributed by atoms with van der Waals surface area (Å²) in [4.78, 5) is 3.93. The summed E-state index contributed by atoms with van der Waals surface area (Å²) >= 11 is 0. The Morgan fingerprint density at radius 2 is 1.75 bits per heavy atom. The first-order valence-corrected chi connectivity index (χ1v) is 3.41. The second-order valence-electron chi connectivity index (χ2n) is 2.36. The van der Waals surface area contributed by atoms with Crippen molar-refractivity contribution < 1.29 is 5.11 Å². The molecule has 1 heterocycles. The van der Waals surface area contributed by atoms with Crippen LogP contribution in [-0.4, -0.2) is 27.5 Å². The lowest BCUT2D eigenvalue weighted by Crippen LogP contribution is -1.76. The zero-order valence-corrected chi connectivity index (χ0v) is 5.86. The van der Waals surface area contributed by atoms with Crippen molar-refractivity contribution in [3.8, 4) is 5.88 Å². The van der Waals surface area contributed by atoms with Crippen LogP contribution in [0.3, 0.4) is 0 Å². The van der Waals surface area contributed by atoms with Gasteiger partial charge in [0.2, 0.25) is 5.88 Å². The number of aromatic hydroxyl groups is 1. The third kappa shape index (κ3) is 1.58. The quantitative estimate of drug-likeness (QED) is 0.599. The standard InChI is InChI=1S/C9H7NO.Al.3H/c11-9-6-5-7-3-1-2-4-8(7)10-9;;;;/h1-6H,(H,10,11);;;;. The number of rotatable bonds is 0. The van der Waals surface area contributed by atoms with Crippen molar-refractivity contribution in [1.29, 1.82) is 0 Å². The summed E-state index contributed by atoms with van der Waals surface area (Å²) in [5.41, 5.74) is 0.826. The van der Waals surface area contributed by atoms with E-state index in [0.717, 1.165) is 10.9 Å². The van der Waals surface area contributed by atoms with Crippen LogP contribution in [-0.2, 0) is 0 Å². The van der Waals surface area contributed by atoms with E-state index in [1.165, 1.54) is 0 Å². The molecule has 0 aliphatic heterocycles. The largest absolute Gasteiger partial charge is 0.493 e. The van der Waals surface area contributed by atoms with Crippen LogP contribution in [0.25, 0.3) is 10.9 Å². The zero-order valence-electron chi connectivity index (χ0n) is 5.86. The highest BCUT2D eigenvalue weighted by molar-refractivity contribution is 5.78. The first-order chi connectivity index (χ1) is 5.36. The lowest BCUT2D eigenvalue weighted by atomic mass is 10.2. The molecule has 0 aliphatic carbocycles. The molecular formula is C9H10AlNO. The summed E-state index contributed by atoms with van der Waals surface area (Å²) in [6.07, 6.45) is 0. The molecule has 2 aromatic rings. The third-order valence-electron chi connectivity index (χ3n) is 1.58. The van der Waals surface area contributed by atoms with E-state index in [0.29, 0.717) is 0 Å². The first-order valence-electron chi connectivity index (χ1n) is 3.41. The maximum atomic E-state index is 9.02. The average Bonchev–Trinajstić information content (AvgIpc) is 2.04. The predicted octanol–water partition coefficient (Wildman–Crippen LogP) is 0.756. The van der Waals surface area contributed by atoms with Crippen molar-refractivity contribution in [3.63, 3.8) is 0 Å². The molecule has 60 valence electrons. The minimum Gasteiger partial charge on any atom is -0.493 e. The van der Waals surface area contributed by atoms with Gasteiger partial charge in [-0.15, -0.1) is 0 Å². The minimum atomic E-state index is 0. The Morgan fingerprint density at radius 3 is 2.58 bits per heavy atom. The van der Waals surface area contributed by atoms with Gasteiger partial charge in [-0.25, -0.2) is 4.98 Å². The number of nitrogens with zero attached hydrogens (tertiary/aromatic N) is 1.